The highest BCUT2D eigenvalue weighted by molar-refractivity contribution is 6.31. The van der Waals surface area contributed by atoms with Crippen LogP contribution in [0.15, 0.2) is 71.9 Å². The fourth-order valence-corrected chi connectivity index (χ4v) is 3.71. The molecule has 0 aliphatic carbocycles. The maximum atomic E-state index is 13.1. The van der Waals surface area contributed by atoms with Gasteiger partial charge in [-0.25, -0.2) is 0 Å². The van der Waals surface area contributed by atoms with Crippen molar-refractivity contribution in [1.29, 1.82) is 0 Å². The zero-order valence-electron chi connectivity index (χ0n) is 17.6. The number of fused-ring (bicyclic) bond motifs is 1. The minimum atomic E-state index is -0.416. The lowest BCUT2D eigenvalue weighted by atomic mass is 10.0. The van der Waals surface area contributed by atoms with Crippen molar-refractivity contribution in [2.75, 3.05) is 5.32 Å². The molecule has 32 heavy (non-hydrogen) atoms. The molecule has 0 atom stereocenters. The standard InChI is InChI=1S/C25H20ClN3O3/c1-15-3-6-22-19(11-15)25(32)20(24(31)17-7-9-27-10-8-17)13-29(22)14-23(30)28-21-12-18(26)5-4-16(21)2/h3-13H,14H2,1-2H3,(H,28,30). The summed E-state index contributed by atoms with van der Waals surface area (Å²) in [7, 11) is 0. The normalized spacial score (nSPS) is 10.8. The fraction of sp³-hybridized carbons (Fsp3) is 0.120. The molecule has 6 nitrogen and oxygen atoms in total. The molecule has 0 unspecified atom stereocenters. The molecule has 0 saturated carbocycles. The zero-order chi connectivity index (χ0) is 22.8. The predicted octanol–water partition coefficient (Wildman–Crippen LogP) is 4.54. The first-order valence-corrected chi connectivity index (χ1v) is 10.4. The maximum Gasteiger partial charge on any atom is 0.244 e. The van der Waals surface area contributed by atoms with Crippen LogP contribution in [0.25, 0.3) is 10.9 Å². The third kappa shape index (κ3) is 4.31. The van der Waals surface area contributed by atoms with Gasteiger partial charge in [-0.3, -0.25) is 19.4 Å². The summed E-state index contributed by atoms with van der Waals surface area (Å²) < 4.78 is 1.62. The Kier molecular flexibility index (Phi) is 5.88. The number of halogens is 1. The van der Waals surface area contributed by atoms with Crippen molar-refractivity contribution in [3.8, 4) is 0 Å². The van der Waals surface area contributed by atoms with E-state index < -0.39 is 5.78 Å². The summed E-state index contributed by atoms with van der Waals surface area (Å²) in [6.07, 6.45) is 4.45. The van der Waals surface area contributed by atoms with Crippen LogP contribution >= 0.6 is 11.6 Å². The van der Waals surface area contributed by atoms with Crippen LogP contribution in [-0.2, 0) is 11.3 Å². The van der Waals surface area contributed by atoms with E-state index in [-0.39, 0.29) is 23.4 Å². The molecule has 1 N–H and O–H groups in total. The number of carbonyl (C=O) groups excluding carboxylic acids is 2. The molecule has 0 radical (unpaired) electrons. The van der Waals surface area contributed by atoms with Gasteiger partial charge in [0.1, 0.15) is 6.54 Å². The van der Waals surface area contributed by atoms with Gasteiger partial charge in [0, 0.05) is 40.3 Å². The molecule has 4 aromatic rings. The number of nitrogens with zero attached hydrogens (tertiary/aromatic N) is 2. The molecule has 0 bridgehead atoms. The van der Waals surface area contributed by atoms with Gasteiger partial charge in [-0.2, -0.15) is 0 Å². The van der Waals surface area contributed by atoms with Gasteiger partial charge in [0.2, 0.25) is 11.3 Å². The summed E-state index contributed by atoms with van der Waals surface area (Å²) in [5.74, 6) is -0.719. The van der Waals surface area contributed by atoms with E-state index in [0.29, 0.717) is 27.2 Å². The number of rotatable bonds is 5. The lowest BCUT2D eigenvalue weighted by molar-refractivity contribution is -0.116. The summed E-state index contributed by atoms with van der Waals surface area (Å²) in [4.78, 5) is 43.0. The monoisotopic (exact) mass is 445 g/mol. The van der Waals surface area contributed by atoms with Crippen molar-refractivity contribution in [1.82, 2.24) is 9.55 Å². The summed E-state index contributed by atoms with van der Waals surface area (Å²) in [5.41, 5.74) is 2.93. The second-order valence-corrected chi connectivity index (χ2v) is 8.03. The predicted molar refractivity (Wildman–Crippen MR) is 125 cm³/mol. The number of anilines is 1. The van der Waals surface area contributed by atoms with E-state index >= 15 is 0 Å². The zero-order valence-corrected chi connectivity index (χ0v) is 18.3. The van der Waals surface area contributed by atoms with E-state index in [1.807, 2.05) is 26.0 Å². The highest BCUT2D eigenvalue weighted by Crippen LogP contribution is 2.21. The molecule has 160 valence electrons. The maximum absolute atomic E-state index is 13.1. The molecule has 0 spiro atoms. The van der Waals surface area contributed by atoms with E-state index in [4.69, 9.17) is 11.6 Å². The first kappa shape index (κ1) is 21.5. The van der Waals surface area contributed by atoms with Gasteiger partial charge in [0.25, 0.3) is 0 Å². The van der Waals surface area contributed by atoms with Crippen molar-refractivity contribution < 1.29 is 9.59 Å². The van der Waals surface area contributed by atoms with Gasteiger partial charge in [0.15, 0.2) is 5.78 Å². The molecule has 2 aromatic carbocycles. The Bertz CT molecular complexity index is 1410. The van der Waals surface area contributed by atoms with Crippen molar-refractivity contribution in [3.05, 3.63) is 105 Å². The van der Waals surface area contributed by atoms with E-state index in [1.54, 1.807) is 41.0 Å². The van der Waals surface area contributed by atoms with Crippen molar-refractivity contribution in [3.63, 3.8) is 0 Å². The van der Waals surface area contributed by atoms with E-state index in [2.05, 4.69) is 10.3 Å². The van der Waals surface area contributed by atoms with Crippen molar-refractivity contribution >= 4 is 39.9 Å². The minimum Gasteiger partial charge on any atom is -0.337 e. The molecular formula is C25H20ClN3O3. The van der Waals surface area contributed by atoms with Crippen LogP contribution in [0.1, 0.15) is 27.0 Å². The number of hydrogen-bond acceptors (Lipinski definition) is 4. The van der Waals surface area contributed by atoms with Crippen LogP contribution in [0.5, 0.6) is 0 Å². The molecule has 0 fully saturated rings. The lowest BCUT2D eigenvalue weighted by Gasteiger charge is -2.15. The number of aryl methyl sites for hydroxylation is 2. The van der Waals surface area contributed by atoms with Gasteiger partial charge in [0.05, 0.1) is 11.1 Å². The highest BCUT2D eigenvalue weighted by Gasteiger charge is 2.18. The largest absolute Gasteiger partial charge is 0.337 e. The van der Waals surface area contributed by atoms with E-state index in [1.165, 1.54) is 18.6 Å². The molecule has 2 heterocycles. The topological polar surface area (TPSA) is 81.1 Å². The smallest absolute Gasteiger partial charge is 0.244 e. The Hall–Kier alpha value is -3.77. The van der Waals surface area contributed by atoms with E-state index in [9.17, 15) is 14.4 Å². The van der Waals surface area contributed by atoms with Gasteiger partial charge < -0.3 is 9.88 Å². The summed E-state index contributed by atoms with van der Waals surface area (Å²) >= 11 is 6.05. The second-order valence-electron chi connectivity index (χ2n) is 7.59. The fourth-order valence-electron chi connectivity index (χ4n) is 3.54. The molecular weight excluding hydrogens is 426 g/mol. The van der Waals surface area contributed by atoms with Gasteiger partial charge in [-0.15, -0.1) is 0 Å². The van der Waals surface area contributed by atoms with E-state index in [0.717, 1.165) is 11.1 Å². The van der Waals surface area contributed by atoms with Crippen LogP contribution in [0.3, 0.4) is 0 Å². The van der Waals surface area contributed by atoms with Crippen LogP contribution in [0.2, 0.25) is 5.02 Å². The Morgan fingerprint density at radius 2 is 1.78 bits per heavy atom. The molecule has 1 amide bonds. The number of nitrogens with one attached hydrogen (secondary N) is 1. The number of aromatic nitrogens is 2. The lowest BCUT2D eigenvalue weighted by Crippen LogP contribution is -2.24. The summed E-state index contributed by atoms with van der Waals surface area (Å²) in [6, 6.07) is 13.7. The van der Waals surface area contributed by atoms with Gasteiger partial charge >= 0.3 is 0 Å². The highest BCUT2D eigenvalue weighted by atomic mass is 35.5. The van der Waals surface area contributed by atoms with Crippen LogP contribution in [0.4, 0.5) is 5.69 Å². The number of hydrogen-bond donors (Lipinski definition) is 1. The number of carbonyl (C=O) groups is 2. The molecule has 4 rings (SSSR count). The molecule has 2 aromatic heterocycles. The van der Waals surface area contributed by atoms with Crippen molar-refractivity contribution in [2.45, 2.75) is 20.4 Å². The summed E-state index contributed by atoms with van der Waals surface area (Å²) in [5, 5.41) is 3.76. The van der Waals surface area contributed by atoms with Crippen molar-refractivity contribution in [2.24, 2.45) is 0 Å². The quantitative estimate of drug-likeness (QED) is 0.457. The van der Waals surface area contributed by atoms with Gasteiger partial charge in [-0.05, 0) is 55.8 Å². The van der Waals surface area contributed by atoms with Crippen LogP contribution in [0, 0.1) is 13.8 Å². The Labute approximate surface area is 189 Å². The third-order valence-electron chi connectivity index (χ3n) is 5.21. The molecule has 7 heteroatoms. The number of benzene rings is 2. The number of ketones is 1. The summed E-state index contributed by atoms with van der Waals surface area (Å²) in [6.45, 7) is 3.66. The van der Waals surface area contributed by atoms with Gasteiger partial charge in [-0.1, -0.05) is 29.3 Å². The number of pyridine rings is 2. The van der Waals surface area contributed by atoms with Crippen LogP contribution < -0.4 is 10.7 Å². The molecule has 0 aliphatic rings. The third-order valence-corrected chi connectivity index (χ3v) is 5.45. The minimum absolute atomic E-state index is 0.000959. The molecule has 0 saturated heterocycles. The molecule has 0 aliphatic heterocycles. The van der Waals surface area contributed by atoms with Crippen LogP contribution in [-0.4, -0.2) is 21.2 Å². The Morgan fingerprint density at radius 3 is 2.53 bits per heavy atom. The first-order chi connectivity index (χ1) is 15.3. The average molecular weight is 446 g/mol. The Balaban J connectivity index is 1.77. The number of amides is 1. The second kappa shape index (κ2) is 8.77. The first-order valence-electron chi connectivity index (χ1n) is 9.98. The Morgan fingerprint density at radius 1 is 1.03 bits per heavy atom. The average Bonchev–Trinajstić information content (AvgIpc) is 2.78. The SMILES string of the molecule is Cc1ccc2c(c1)c(=O)c(C(=O)c1ccncc1)cn2CC(=O)Nc1cc(Cl)ccc1C.